The van der Waals surface area contributed by atoms with Gasteiger partial charge >= 0.3 is 0 Å². The summed E-state index contributed by atoms with van der Waals surface area (Å²) in [4.78, 5) is 2.38. The lowest BCUT2D eigenvalue weighted by Crippen LogP contribution is -2.51. The van der Waals surface area contributed by atoms with Gasteiger partial charge in [-0.15, -0.1) is 0 Å². The molecule has 0 radical (unpaired) electrons. The van der Waals surface area contributed by atoms with E-state index in [0.29, 0.717) is 38.8 Å². The van der Waals surface area contributed by atoms with E-state index in [9.17, 15) is 8.42 Å². The number of likely N-dealkylation sites (tertiary alicyclic amines) is 1. The molecule has 20 heavy (non-hydrogen) atoms. The molecule has 2 aliphatic heterocycles. The molecule has 0 aliphatic carbocycles. The molecule has 0 saturated carbocycles. The fourth-order valence-electron chi connectivity index (χ4n) is 2.86. The van der Waals surface area contributed by atoms with Gasteiger partial charge in [0.25, 0.3) is 10.2 Å². The fraction of sp³-hybridized carbons (Fsp3) is 1.00. The van der Waals surface area contributed by atoms with Gasteiger partial charge in [-0.3, -0.25) is 4.90 Å². The van der Waals surface area contributed by atoms with Crippen LogP contribution in [0.2, 0.25) is 0 Å². The topological polar surface area (TPSA) is 61.9 Å². The summed E-state index contributed by atoms with van der Waals surface area (Å²) < 4.78 is 33.8. The van der Waals surface area contributed by atoms with E-state index in [1.54, 1.807) is 0 Å². The molecule has 2 fully saturated rings. The molecule has 2 rings (SSSR count). The predicted octanol–water partition coefficient (Wildman–Crippen LogP) is 0.273. The molecule has 2 atom stereocenters. The Labute approximate surface area is 122 Å². The Kier molecular flexibility index (Phi) is 5.80. The van der Waals surface area contributed by atoms with Crippen molar-refractivity contribution in [3.63, 3.8) is 0 Å². The number of piperidine rings is 1. The van der Waals surface area contributed by atoms with Crippen molar-refractivity contribution in [1.29, 1.82) is 0 Å². The first-order valence-electron chi connectivity index (χ1n) is 7.55. The van der Waals surface area contributed by atoms with Crippen LogP contribution in [0.15, 0.2) is 0 Å². The van der Waals surface area contributed by atoms with Crippen LogP contribution in [-0.2, 0) is 14.9 Å². The van der Waals surface area contributed by atoms with E-state index in [2.05, 4.69) is 23.5 Å². The Hall–Kier alpha value is -0.210. The zero-order chi connectivity index (χ0) is 14.6. The minimum atomic E-state index is -3.35. The van der Waals surface area contributed by atoms with Crippen LogP contribution in [0.4, 0.5) is 0 Å². The maximum atomic E-state index is 12.2. The molecule has 2 saturated heterocycles. The number of rotatable bonds is 5. The van der Waals surface area contributed by atoms with Crippen molar-refractivity contribution in [2.45, 2.75) is 32.7 Å². The Bertz CT molecular complexity index is 396. The summed E-state index contributed by atoms with van der Waals surface area (Å²) in [5, 5.41) is 0. The SMILES string of the molecule is CC1CCCN(C(C)CNS(=O)(=O)N2CCOCC2)C1. The third-order valence-electron chi connectivity index (χ3n) is 4.18. The quantitative estimate of drug-likeness (QED) is 0.792. The molecule has 2 unspecified atom stereocenters. The maximum Gasteiger partial charge on any atom is 0.279 e. The van der Waals surface area contributed by atoms with E-state index in [1.165, 1.54) is 17.1 Å². The number of hydrogen-bond donors (Lipinski definition) is 1. The van der Waals surface area contributed by atoms with Gasteiger partial charge in [0.05, 0.1) is 13.2 Å². The smallest absolute Gasteiger partial charge is 0.279 e. The largest absolute Gasteiger partial charge is 0.379 e. The van der Waals surface area contributed by atoms with E-state index in [1.807, 2.05) is 0 Å². The molecule has 2 heterocycles. The van der Waals surface area contributed by atoms with Gasteiger partial charge in [0, 0.05) is 32.2 Å². The van der Waals surface area contributed by atoms with Crippen molar-refractivity contribution >= 4 is 10.2 Å². The highest BCUT2D eigenvalue weighted by Gasteiger charge is 2.26. The average molecular weight is 305 g/mol. The normalized spacial score (nSPS) is 28.4. The molecule has 0 amide bonds. The third kappa shape index (κ3) is 4.39. The van der Waals surface area contributed by atoms with Crippen LogP contribution < -0.4 is 4.72 Å². The summed E-state index contributed by atoms with van der Waals surface area (Å²) in [5.74, 6) is 0.710. The summed E-state index contributed by atoms with van der Waals surface area (Å²) in [6.45, 7) is 8.85. The van der Waals surface area contributed by atoms with Gasteiger partial charge < -0.3 is 4.74 Å². The van der Waals surface area contributed by atoms with Crippen LogP contribution in [0, 0.1) is 5.92 Å². The van der Waals surface area contributed by atoms with Crippen LogP contribution >= 0.6 is 0 Å². The first-order chi connectivity index (χ1) is 9.49. The van der Waals surface area contributed by atoms with Crippen molar-refractivity contribution in [2.75, 3.05) is 45.9 Å². The van der Waals surface area contributed by atoms with E-state index < -0.39 is 10.2 Å². The number of nitrogens with zero attached hydrogens (tertiary/aromatic N) is 2. The van der Waals surface area contributed by atoms with Crippen molar-refractivity contribution in [3.05, 3.63) is 0 Å². The summed E-state index contributed by atoms with van der Waals surface area (Å²) >= 11 is 0. The van der Waals surface area contributed by atoms with Crippen molar-refractivity contribution in [1.82, 2.24) is 13.9 Å². The maximum absolute atomic E-state index is 12.2. The summed E-state index contributed by atoms with van der Waals surface area (Å²) in [6, 6.07) is 0.244. The molecule has 2 aliphatic rings. The number of nitrogens with one attached hydrogen (secondary N) is 1. The molecule has 0 bridgehead atoms. The molecule has 1 N–H and O–H groups in total. The third-order valence-corrected chi connectivity index (χ3v) is 5.76. The Morgan fingerprint density at radius 1 is 1.30 bits per heavy atom. The minimum Gasteiger partial charge on any atom is -0.379 e. The number of hydrogen-bond acceptors (Lipinski definition) is 4. The Morgan fingerprint density at radius 2 is 2.00 bits per heavy atom. The molecule has 0 aromatic carbocycles. The van der Waals surface area contributed by atoms with Crippen LogP contribution in [0.25, 0.3) is 0 Å². The van der Waals surface area contributed by atoms with Gasteiger partial charge in [0.15, 0.2) is 0 Å². The van der Waals surface area contributed by atoms with E-state index in [0.717, 1.165) is 13.1 Å². The second-order valence-electron chi connectivity index (χ2n) is 5.96. The van der Waals surface area contributed by atoms with Crippen molar-refractivity contribution in [2.24, 2.45) is 5.92 Å². The molecule has 7 heteroatoms. The van der Waals surface area contributed by atoms with Gasteiger partial charge in [-0.05, 0) is 32.2 Å². The van der Waals surface area contributed by atoms with Gasteiger partial charge in [-0.2, -0.15) is 12.7 Å². The lowest BCUT2D eigenvalue weighted by Gasteiger charge is -2.36. The van der Waals surface area contributed by atoms with E-state index in [-0.39, 0.29) is 6.04 Å². The lowest BCUT2D eigenvalue weighted by molar-refractivity contribution is 0.0722. The molecule has 118 valence electrons. The first kappa shape index (κ1) is 16.2. The molecular formula is C13H27N3O3S. The highest BCUT2D eigenvalue weighted by Crippen LogP contribution is 2.17. The van der Waals surface area contributed by atoms with Crippen LogP contribution in [0.5, 0.6) is 0 Å². The van der Waals surface area contributed by atoms with Crippen LogP contribution in [-0.4, -0.2) is 69.6 Å². The minimum absolute atomic E-state index is 0.244. The summed E-state index contributed by atoms with van der Waals surface area (Å²) in [5.41, 5.74) is 0. The molecular weight excluding hydrogens is 278 g/mol. The number of ether oxygens (including phenoxy) is 1. The predicted molar refractivity (Wildman–Crippen MR) is 78.7 cm³/mol. The molecule has 0 aromatic heterocycles. The van der Waals surface area contributed by atoms with Crippen molar-refractivity contribution in [3.8, 4) is 0 Å². The lowest BCUT2D eigenvalue weighted by atomic mass is 9.99. The standard InChI is InChI=1S/C13H27N3O3S/c1-12-4-3-5-15(11-12)13(2)10-14-20(17,18)16-6-8-19-9-7-16/h12-14H,3-11H2,1-2H3. The fourth-order valence-corrected chi connectivity index (χ4v) is 4.12. The highest BCUT2D eigenvalue weighted by atomic mass is 32.2. The molecule has 6 nitrogen and oxygen atoms in total. The van der Waals surface area contributed by atoms with Gasteiger partial charge in [0.2, 0.25) is 0 Å². The zero-order valence-electron chi connectivity index (χ0n) is 12.5. The second kappa shape index (κ2) is 7.17. The highest BCUT2D eigenvalue weighted by molar-refractivity contribution is 7.87. The van der Waals surface area contributed by atoms with Crippen LogP contribution in [0.3, 0.4) is 0 Å². The van der Waals surface area contributed by atoms with Crippen LogP contribution in [0.1, 0.15) is 26.7 Å². The monoisotopic (exact) mass is 305 g/mol. The van der Waals surface area contributed by atoms with Crippen molar-refractivity contribution < 1.29 is 13.2 Å². The van der Waals surface area contributed by atoms with Gasteiger partial charge in [-0.25, -0.2) is 4.72 Å². The summed E-state index contributed by atoms with van der Waals surface area (Å²) in [6.07, 6.45) is 2.49. The van der Waals surface area contributed by atoms with E-state index >= 15 is 0 Å². The number of morpholine rings is 1. The van der Waals surface area contributed by atoms with E-state index in [4.69, 9.17) is 4.74 Å². The molecule has 0 spiro atoms. The first-order valence-corrected chi connectivity index (χ1v) is 8.99. The van der Waals surface area contributed by atoms with Gasteiger partial charge in [-0.1, -0.05) is 6.92 Å². The molecule has 0 aromatic rings. The second-order valence-corrected chi connectivity index (χ2v) is 7.71. The Morgan fingerprint density at radius 3 is 2.65 bits per heavy atom. The zero-order valence-corrected chi connectivity index (χ0v) is 13.4. The summed E-state index contributed by atoms with van der Waals surface area (Å²) in [7, 11) is -3.35. The van der Waals surface area contributed by atoms with Gasteiger partial charge in [0.1, 0.15) is 0 Å². The average Bonchev–Trinajstić information content (AvgIpc) is 2.46. The Balaban J connectivity index is 1.81.